The smallest absolute Gasteiger partial charge is 0.231 e. The van der Waals surface area contributed by atoms with Crippen molar-refractivity contribution >= 4 is 39.3 Å². The monoisotopic (exact) mass is 400 g/mol. The van der Waals surface area contributed by atoms with Crippen LogP contribution in [0.25, 0.3) is 10.2 Å². The van der Waals surface area contributed by atoms with Crippen LogP contribution in [0.4, 0.5) is 5.69 Å². The maximum absolute atomic E-state index is 5.41. The molecule has 1 N–H and O–H groups in total. The van der Waals surface area contributed by atoms with Crippen molar-refractivity contribution in [2.45, 2.75) is 0 Å². The zero-order valence-corrected chi connectivity index (χ0v) is 16.1. The Hall–Kier alpha value is -3.71. The van der Waals surface area contributed by atoms with Gasteiger partial charge >= 0.3 is 0 Å². The molecule has 0 spiro atoms. The average molecular weight is 400 g/mol. The average Bonchev–Trinajstić information content (AvgIpc) is 3.40. The number of ether oxygens (including phenoxy) is 2. The van der Waals surface area contributed by atoms with Crippen LogP contribution in [0.5, 0.6) is 11.5 Å². The third kappa shape index (κ3) is 3.81. The summed E-state index contributed by atoms with van der Waals surface area (Å²) < 4.78 is 11.9. The molecule has 0 atom stereocenters. The number of aliphatic imine (C=N–C) groups is 1. The number of hydrogen-bond donors (Lipinski definition) is 1. The summed E-state index contributed by atoms with van der Waals surface area (Å²) in [5.41, 5.74) is 5.72. The summed E-state index contributed by atoms with van der Waals surface area (Å²) in [6, 6.07) is 23.4. The normalized spacial score (nSPS) is 13.3. The van der Waals surface area contributed by atoms with Crippen LogP contribution < -0.4 is 14.9 Å². The second-order valence-corrected chi connectivity index (χ2v) is 7.30. The molecule has 1 aromatic heterocycles. The lowest BCUT2D eigenvalue weighted by molar-refractivity contribution is 0.174. The molecule has 0 saturated heterocycles. The van der Waals surface area contributed by atoms with Gasteiger partial charge in [-0.15, -0.1) is 11.3 Å². The standard InChI is InChI=1S/C22H16N4O2S/c1-2-6-16(7-3-1)24-21(22-25-17-8-4-5-9-20(17)29-22)26-23-13-15-10-11-18-19(12-15)28-14-27-18/h1-13H,14H2,(H,24,26). The lowest BCUT2D eigenvalue weighted by Gasteiger charge is -2.03. The second-order valence-electron chi connectivity index (χ2n) is 6.27. The molecule has 1 aliphatic rings. The summed E-state index contributed by atoms with van der Waals surface area (Å²) in [5.74, 6) is 2.06. The largest absolute Gasteiger partial charge is 0.454 e. The van der Waals surface area contributed by atoms with Crippen molar-refractivity contribution in [1.29, 1.82) is 0 Å². The minimum Gasteiger partial charge on any atom is -0.454 e. The molecular formula is C22H16N4O2S. The van der Waals surface area contributed by atoms with E-state index in [4.69, 9.17) is 19.5 Å². The zero-order valence-electron chi connectivity index (χ0n) is 15.3. The van der Waals surface area contributed by atoms with Gasteiger partial charge < -0.3 is 9.47 Å². The van der Waals surface area contributed by atoms with Gasteiger partial charge in [0.05, 0.1) is 22.1 Å². The molecule has 0 radical (unpaired) electrons. The highest BCUT2D eigenvalue weighted by molar-refractivity contribution is 7.20. The van der Waals surface area contributed by atoms with Crippen LogP contribution in [0, 0.1) is 0 Å². The summed E-state index contributed by atoms with van der Waals surface area (Å²) in [6.07, 6.45) is 1.72. The molecule has 0 unspecified atom stereocenters. The van der Waals surface area contributed by atoms with Gasteiger partial charge in [-0.1, -0.05) is 30.3 Å². The third-order valence-corrected chi connectivity index (χ3v) is 5.32. The lowest BCUT2D eigenvalue weighted by atomic mass is 10.2. The second kappa shape index (κ2) is 7.73. The minimum absolute atomic E-state index is 0.250. The van der Waals surface area contributed by atoms with Crippen LogP contribution in [0.2, 0.25) is 0 Å². The first-order chi connectivity index (χ1) is 14.3. The molecule has 0 saturated carbocycles. The van der Waals surface area contributed by atoms with Crippen LogP contribution in [0.3, 0.4) is 0 Å². The predicted octanol–water partition coefficient (Wildman–Crippen LogP) is 4.73. The van der Waals surface area contributed by atoms with Crippen molar-refractivity contribution in [2.24, 2.45) is 10.1 Å². The quantitative estimate of drug-likeness (QED) is 0.306. The molecule has 0 aliphatic carbocycles. The van der Waals surface area contributed by atoms with E-state index in [1.54, 1.807) is 17.6 Å². The number of benzene rings is 3. The minimum atomic E-state index is 0.250. The molecule has 0 fully saturated rings. The summed E-state index contributed by atoms with van der Waals surface area (Å²) in [7, 11) is 0. The SMILES string of the molecule is C(=NNC(=Nc1ccccc1)c1nc2ccccc2s1)c1ccc2c(c1)OCO2. The van der Waals surface area contributed by atoms with E-state index >= 15 is 0 Å². The van der Waals surface area contributed by atoms with Gasteiger partial charge in [-0.3, -0.25) is 5.43 Å². The maximum Gasteiger partial charge on any atom is 0.231 e. The van der Waals surface area contributed by atoms with E-state index in [0.29, 0.717) is 5.84 Å². The van der Waals surface area contributed by atoms with Crippen LogP contribution in [-0.4, -0.2) is 23.8 Å². The Kier molecular flexibility index (Phi) is 4.63. The van der Waals surface area contributed by atoms with Crippen molar-refractivity contribution in [1.82, 2.24) is 10.4 Å². The van der Waals surface area contributed by atoms with Gasteiger partial charge in [-0.25, -0.2) is 9.98 Å². The first-order valence-electron chi connectivity index (χ1n) is 9.03. The number of hydrogen-bond acceptors (Lipinski definition) is 6. The van der Waals surface area contributed by atoms with E-state index in [2.05, 4.69) is 10.5 Å². The van der Waals surface area contributed by atoms with Gasteiger partial charge in [0.15, 0.2) is 22.3 Å². The number of fused-ring (bicyclic) bond motifs is 2. The molecule has 142 valence electrons. The molecule has 2 heterocycles. The van der Waals surface area contributed by atoms with Crippen molar-refractivity contribution in [3.8, 4) is 11.5 Å². The molecule has 0 bridgehead atoms. The lowest BCUT2D eigenvalue weighted by Crippen LogP contribution is -2.18. The Labute approximate surface area is 171 Å². The fraction of sp³-hybridized carbons (Fsp3) is 0.0455. The highest BCUT2D eigenvalue weighted by Gasteiger charge is 2.13. The Balaban J connectivity index is 1.45. The Morgan fingerprint density at radius 2 is 1.79 bits per heavy atom. The number of aromatic nitrogens is 1. The van der Waals surface area contributed by atoms with E-state index in [1.807, 2.05) is 72.8 Å². The van der Waals surface area contributed by atoms with E-state index in [-0.39, 0.29) is 6.79 Å². The first-order valence-corrected chi connectivity index (χ1v) is 9.85. The molecule has 7 heteroatoms. The topological polar surface area (TPSA) is 68.1 Å². The van der Waals surface area contributed by atoms with Crippen LogP contribution in [0.15, 0.2) is 82.9 Å². The van der Waals surface area contributed by atoms with Crippen molar-refractivity contribution in [3.05, 3.63) is 83.4 Å². The molecule has 3 aromatic carbocycles. The zero-order chi connectivity index (χ0) is 19.5. The number of para-hydroxylation sites is 2. The van der Waals surface area contributed by atoms with Gasteiger partial charge in [0, 0.05) is 0 Å². The van der Waals surface area contributed by atoms with Crippen molar-refractivity contribution < 1.29 is 9.47 Å². The van der Waals surface area contributed by atoms with Gasteiger partial charge in [-0.2, -0.15) is 5.10 Å². The molecular weight excluding hydrogens is 384 g/mol. The van der Waals surface area contributed by atoms with E-state index in [9.17, 15) is 0 Å². The number of rotatable bonds is 4. The summed E-state index contributed by atoms with van der Waals surface area (Å²) in [6.45, 7) is 0.250. The summed E-state index contributed by atoms with van der Waals surface area (Å²) in [4.78, 5) is 9.41. The number of amidine groups is 1. The predicted molar refractivity (Wildman–Crippen MR) is 116 cm³/mol. The fourth-order valence-electron chi connectivity index (χ4n) is 2.89. The first kappa shape index (κ1) is 17.4. The highest BCUT2D eigenvalue weighted by atomic mass is 32.1. The Bertz CT molecular complexity index is 1180. The van der Waals surface area contributed by atoms with Gasteiger partial charge in [-0.05, 0) is 48.0 Å². The van der Waals surface area contributed by atoms with Gasteiger partial charge in [0.25, 0.3) is 0 Å². The van der Waals surface area contributed by atoms with E-state index < -0.39 is 0 Å². The van der Waals surface area contributed by atoms with Crippen LogP contribution in [0.1, 0.15) is 10.6 Å². The number of hydrazone groups is 1. The molecule has 4 aromatic rings. The number of nitrogens with one attached hydrogen (secondary N) is 1. The summed E-state index contributed by atoms with van der Waals surface area (Å²) >= 11 is 1.57. The van der Waals surface area contributed by atoms with E-state index in [0.717, 1.165) is 38.0 Å². The molecule has 5 rings (SSSR count). The maximum atomic E-state index is 5.41. The number of thiazole rings is 1. The summed E-state index contributed by atoms with van der Waals surface area (Å²) in [5, 5.41) is 5.15. The van der Waals surface area contributed by atoms with Crippen LogP contribution >= 0.6 is 11.3 Å². The van der Waals surface area contributed by atoms with Crippen LogP contribution in [-0.2, 0) is 0 Å². The third-order valence-electron chi connectivity index (χ3n) is 4.27. The van der Waals surface area contributed by atoms with Crippen molar-refractivity contribution in [3.63, 3.8) is 0 Å². The van der Waals surface area contributed by atoms with Crippen molar-refractivity contribution in [2.75, 3.05) is 6.79 Å². The van der Waals surface area contributed by atoms with Gasteiger partial charge in [0.2, 0.25) is 6.79 Å². The number of nitrogens with zero attached hydrogens (tertiary/aromatic N) is 3. The fourth-order valence-corrected chi connectivity index (χ4v) is 3.79. The molecule has 6 nitrogen and oxygen atoms in total. The molecule has 1 aliphatic heterocycles. The Morgan fingerprint density at radius 1 is 0.966 bits per heavy atom. The van der Waals surface area contributed by atoms with E-state index in [1.165, 1.54) is 0 Å². The molecule has 0 amide bonds. The highest BCUT2D eigenvalue weighted by Crippen LogP contribution is 2.32. The van der Waals surface area contributed by atoms with Gasteiger partial charge in [0.1, 0.15) is 0 Å². The Morgan fingerprint density at radius 3 is 2.69 bits per heavy atom. The molecule has 29 heavy (non-hydrogen) atoms.